The van der Waals surface area contributed by atoms with E-state index in [2.05, 4.69) is 10.3 Å². The molecule has 1 aliphatic rings. The van der Waals surface area contributed by atoms with Crippen LogP contribution in [0.25, 0.3) is 0 Å². The third-order valence-electron chi connectivity index (χ3n) is 2.65. The second-order valence-corrected chi connectivity index (χ2v) is 4.47. The van der Waals surface area contributed by atoms with Crippen molar-refractivity contribution in [3.8, 4) is 0 Å². The number of ether oxygens (including phenoxy) is 1. The lowest BCUT2D eigenvalue weighted by Crippen LogP contribution is -2.43. The Balaban J connectivity index is 1.91. The summed E-state index contributed by atoms with van der Waals surface area (Å²) in [4.78, 5) is 15.5. The molecule has 1 atom stereocenters. The minimum atomic E-state index is -0.949. The number of nitrogens with one attached hydrogen (secondary N) is 1. The minimum Gasteiger partial charge on any atom is -0.386 e. The lowest BCUT2D eigenvalue weighted by atomic mass is 10.0. The molecule has 2 N–H and O–H groups in total. The van der Waals surface area contributed by atoms with Gasteiger partial charge in [-0.15, -0.1) is 0 Å². The fourth-order valence-electron chi connectivity index (χ4n) is 1.59. The van der Waals surface area contributed by atoms with Crippen molar-refractivity contribution in [2.24, 2.45) is 0 Å². The van der Waals surface area contributed by atoms with E-state index in [0.717, 1.165) is 0 Å². The maximum atomic E-state index is 11.7. The Morgan fingerprint density at radius 3 is 3.06 bits per heavy atom. The molecule has 1 aromatic rings. The van der Waals surface area contributed by atoms with E-state index in [4.69, 9.17) is 16.3 Å². The van der Waals surface area contributed by atoms with Crippen molar-refractivity contribution >= 4 is 17.5 Å². The molecule has 1 unspecified atom stereocenters. The number of hydrogen-bond donors (Lipinski definition) is 2. The Hall–Kier alpha value is -1.17. The van der Waals surface area contributed by atoms with Gasteiger partial charge in [0.2, 0.25) is 0 Å². The van der Waals surface area contributed by atoms with Gasteiger partial charge in [0.15, 0.2) is 0 Å². The lowest BCUT2D eigenvalue weighted by molar-refractivity contribution is 0.0264. The average molecular weight is 257 g/mol. The Morgan fingerprint density at radius 2 is 2.47 bits per heavy atom. The number of carbonyl (C=O) groups is 1. The molecule has 2 rings (SSSR count). The van der Waals surface area contributed by atoms with Gasteiger partial charge < -0.3 is 15.2 Å². The summed E-state index contributed by atoms with van der Waals surface area (Å²) in [6, 6.07) is 3.13. The Labute approximate surface area is 104 Å². The molecule has 1 amide bonds. The number of amides is 1. The van der Waals surface area contributed by atoms with Crippen molar-refractivity contribution < 1.29 is 14.6 Å². The molecule has 0 radical (unpaired) electrons. The topological polar surface area (TPSA) is 71.5 Å². The van der Waals surface area contributed by atoms with Crippen LogP contribution in [0.3, 0.4) is 0 Å². The summed E-state index contributed by atoms with van der Waals surface area (Å²) in [5.41, 5.74) is -0.535. The van der Waals surface area contributed by atoms with Gasteiger partial charge in [0.1, 0.15) is 10.8 Å². The third kappa shape index (κ3) is 3.15. The summed E-state index contributed by atoms with van der Waals surface area (Å²) in [6.07, 6.45) is 1.93. The molecular weight excluding hydrogens is 244 g/mol. The number of pyridine rings is 1. The van der Waals surface area contributed by atoms with Gasteiger partial charge >= 0.3 is 0 Å². The van der Waals surface area contributed by atoms with Crippen molar-refractivity contribution in [3.05, 3.63) is 29.0 Å². The number of aliphatic hydroxyl groups is 1. The molecule has 6 heteroatoms. The molecule has 5 nitrogen and oxygen atoms in total. The molecule has 92 valence electrons. The van der Waals surface area contributed by atoms with Crippen LogP contribution in [-0.2, 0) is 4.74 Å². The van der Waals surface area contributed by atoms with Crippen molar-refractivity contribution in [1.29, 1.82) is 0 Å². The smallest absolute Gasteiger partial charge is 0.252 e. The quantitative estimate of drug-likeness (QED) is 0.778. The van der Waals surface area contributed by atoms with Crippen LogP contribution >= 0.6 is 11.6 Å². The largest absolute Gasteiger partial charge is 0.386 e. The van der Waals surface area contributed by atoms with Crippen LogP contribution < -0.4 is 5.32 Å². The zero-order valence-electron chi connectivity index (χ0n) is 9.15. The molecule has 0 bridgehead atoms. The first-order chi connectivity index (χ1) is 8.09. The number of halogens is 1. The van der Waals surface area contributed by atoms with Gasteiger partial charge in [-0.2, -0.15) is 0 Å². The van der Waals surface area contributed by atoms with E-state index in [1.807, 2.05) is 0 Å². The second kappa shape index (κ2) is 5.00. The minimum absolute atomic E-state index is 0.175. The summed E-state index contributed by atoms with van der Waals surface area (Å²) in [5, 5.41) is 12.9. The zero-order valence-corrected chi connectivity index (χ0v) is 9.91. The van der Waals surface area contributed by atoms with Gasteiger partial charge in [-0.3, -0.25) is 4.79 Å². The van der Waals surface area contributed by atoms with Gasteiger partial charge in [-0.05, 0) is 12.1 Å². The second-order valence-electron chi connectivity index (χ2n) is 4.08. The molecule has 0 spiro atoms. The fraction of sp³-hybridized carbons (Fsp3) is 0.455. The Bertz CT molecular complexity index is 402. The summed E-state index contributed by atoms with van der Waals surface area (Å²) < 4.78 is 5.08. The molecule has 17 heavy (non-hydrogen) atoms. The van der Waals surface area contributed by atoms with Crippen LogP contribution in [0.4, 0.5) is 0 Å². The van der Waals surface area contributed by atoms with Gasteiger partial charge in [-0.1, -0.05) is 11.6 Å². The van der Waals surface area contributed by atoms with Crippen LogP contribution in [0.5, 0.6) is 0 Å². The monoisotopic (exact) mass is 256 g/mol. The summed E-state index contributed by atoms with van der Waals surface area (Å²) in [6.45, 7) is 0.954. The van der Waals surface area contributed by atoms with Crippen molar-refractivity contribution in [3.63, 3.8) is 0 Å². The molecular formula is C11H13ClN2O3. The standard InChI is InChI=1S/C11H13ClN2O3/c12-9-2-1-8(5-13-9)10(15)14-6-11(16)3-4-17-7-11/h1-2,5,16H,3-4,6-7H2,(H,14,15). The predicted molar refractivity (Wildman–Crippen MR) is 62.0 cm³/mol. The molecule has 1 fully saturated rings. The van der Waals surface area contributed by atoms with Crippen LogP contribution in [0.1, 0.15) is 16.8 Å². The van der Waals surface area contributed by atoms with Crippen LogP contribution in [0.15, 0.2) is 18.3 Å². The highest BCUT2D eigenvalue weighted by atomic mass is 35.5. The summed E-state index contributed by atoms with van der Waals surface area (Å²) in [5.74, 6) is -0.283. The highest BCUT2D eigenvalue weighted by Gasteiger charge is 2.32. The van der Waals surface area contributed by atoms with Gasteiger partial charge in [0.05, 0.1) is 12.2 Å². The van der Waals surface area contributed by atoms with E-state index in [1.165, 1.54) is 6.20 Å². The number of carbonyl (C=O) groups excluding carboxylic acids is 1. The molecule has 1 aromatic heterocycles. The number of rotatable bonds is 3. The fourth-order valence-corrected chi connectivity index (χ4v) is 1.70. The Kier molecular flexibility index (Phi) is 3.61. The SMILES string of the molecule is O=C(NCC1(O)CCOC1)c1ccc(Cl)nc1. The molecule has 0 saturated carbocycles. The number of aromatic nitrogens is 1. The van der Waals surface area contributed by atoms with E-state index in [-0.39, 0.29) is 19.1 Å². The van der Waals surface area contributed by atoms with Gasteiger partial charge in [-0.25, -0.2) is 4.98 Å². The van der Waals surface area contributed by atoms with Gasteiger partial charge in [0, 0.05) is 25.8 Å². The first-order valence-corrected chi connectivity index (χ1v) is 5.67. The van der Waals surface area contributed by atoms with E-state index < -0.39 is 5.60 Å². The predicted octanol–water partition coefficient (Wildman–Crippen LogP) is 0.616. The van der Waals surface area contributed by atoms with Gasteiger partial charge in [0.25, 0.3) is 5.91 Å². The van der Waals surface area contributed by atoms with E-state index >= 15 is 0 Å². The molecule has 0 aromatic carbocycles. The van der Waals surface area contributed by atoms with Crippen molar-refractivity contribution in [2.45, 2.75) is 12.0 Å². The lowest BCUT2D eigenvalue weighted by Gasteiger charge is -2.20. The maximum absolute atomic E-state index is 11.7. The van der Waals surface area contributed by atoms with Crippen LogP contribution in [-0.4, -0.2) is 41.4 Å². The van der Waals surface area contributed by atoms with Crippen LogP contribution in [0.2, 0.25) is 5.15 Å². The highest BCUT2D eigenvalue weighted by Crippen LogP contribution is 2.17. The number of nitrogens with zero attached hydrogens (tertiary/aromatic N) is 1. The van der Waals surface area contributed by atoms with E-state index in [1.54, 1.807) is 12.1 Å². The summed E-state index contributed by atoms with van der Waals surface area (Å²) >= 11 is 5.62. The zero-order chi connectivity index (χ0) is 12.3. The van der Waals surface area contributed by atoms with Crippen molar-refractivity contribution in [2.75, 3.05) is 19.8 Å². The molecule has 0 aliphatic carbocycles. The molecule has 1 aliphatic heterocycles. The molecule has 1 saturated heterocycles. The number of hydrogen-bond acceptors (Lipinski definition) is 4. The third-order valence-corrected chi connectivity index (χ3v) is 2.87. The van der Waals surface area contributed by atoms with Crippen LogP contribution in [0, 0.1) is 0 Å². The van der Waals surface area contributed by atoms with E-state index in [9.17, 15) is 9.90 Å². The van der Waals surface area contributed by atoms with E-state index in [0.29, 0.717) is 23.7 Å². The summed E-state index contributed by atoms with van der Waals surface area (Å²) in [7, 11) is 0. The first kappa shape index (κ1) is 12.3. The average Bonchev–Trinajstić information content (AvgIpc) is 2.75. The Morgan fingerprint density at radius 1 is 1.65 bits per heavy atom. The van der Waals surface area contributed by atoms with Crippen molar-refractivity contribution in [1.82, 2.24) is 10.3 Å². The first-order valence-electron chi connectivity index (χ1n) is 5.29. The molecule has 2 heterocycles. The maximum Gasteiger partial charge on any atom is 0.252 e. The normalized spacial score (nSPS) is 23.6. The highest BCUT2D eigenvalue weighted by molar-refractivity contribution is 6.29.